The molecule has 0 spiro atoms. The van der Waals surface area contributed by atoms with Crippen molar-refractivity contribution in [2.24, 2.45) is 50.2 Å². The maximum absolute atomic E-state index is 13.1. The Kier molecular flexibility index (Phi) is 7.11. The summed E-state index contributed by atoms with van der Waals surface area (Å²) in [6.07, 6.45) is 16.6. The summed E-state index contributed by atoms with van der Waals surface area (Å²) in [6, 6.07) is 7.16. The highest BCUT2D eigenvalue weighted by molar-refractivity contribution is 5.70. The van der Waals surface area contributed by atoms with Crippen molar-refractivity contribution >= 4 is 5.97 Å². The van der Waals surface area contributed by atoms with E-state index in [0.29, 0.717) is 46.3 Å². The Morgan fingerprint density at radius 3 is 2.26 bits per heavy atom. The van der Waals surface area contributed by atoms with Crippen LogP contribution in [0.3, 0.4) is 0 Å². The summed E-state index contributed by atoms with van der Waals surface area (Å²) < 4.78 is 6.30. The molecule has 4 saturated carbocycles. The van der Waals surface area contributed by atoms with E-state index in [1.165, 1.54) is 51.4 Å². The molecule has 0 unspecified atom stereocenters. The highest BCUT2D eigenvalue weighted by Crippen LogP contribution is 2.75. The molecular weight excluding hydrogens is 516 g/mol. The summed E-state index contributed by atoms with van der Waals surface area (Å²) in [6.45, 7) is 20.5. The Balaban J connectivity index is 1.21. The maximum Gasteiger partial charge on any atom is 0.306 e. The lowest BCUT2D eigenvalue weighted by Gasteiger charge is -2.71. The van der Waals surface area contributed by atoms with Crippen LogP contribution in [0.5, 0.6) is 5.75 Å². The van der Waals surface area contributed by atoms with Crippen LogP contribution in [-0.2, 0) is 16.0 Å². The number of rotatable bonds is 4. The molecule has 1 aromatic carbocycles. The number of aryl methyl sites for hydroxylation is 1. The highest BCUT2D eigenvalue weighted by Gasteiger charge is 2.68. The first kappa shape index (κ1) is 30.3. The number of hydrogen-bond donors (Lipinski definition) is 1. The molecule has 0 aliphatic heterocycles. The SMILES string of the molecule is CC1(C)CC[C@]2(C)CC[C@@]3(C)C(=CC[C@H]4[C@]5(C)CC[C@H](OC(=O)CCc6ccc(O)cc6)C(C)(C)[C@@H]5CC[C@]43C)[C@H]2C1. The van der Waals surface area contributed by atoms with Gasteiger partial charge in [-0.2, -0.15) is 0 Å². The van der Waals surface area contributed by atoms with Gasteiger partial charge < -0.3 is 9.84 Å². The summed E-state index contributed by atoms with van der Waals surface area (Å²) in [5.74, 6) is 2.17. The van der Waals surface area contributed by atoms with Gasteiger partial charge in [0.2, 0.25) is 0 Å². The monoisotopic (exact) mass is 574 g/mol. The second-order valence-electron chi connectivity index (χ2n) is 17.9. The van der Waals surface area contributed by atoms with Gasteiger partial charge in [-0.15, -0.1) is 0 Å². The van der Waals surface area contributed by atoms with Gasteiger partial charge >= 0.3 is 5.97 Å². The van der Waals surface area contributed by atoms with E-state index in [1.807, 2.05) is 17.7 Å². The lowest BCUT2D eigenvalue weighted by Crippen LogP contribution is -2.64. The van der Waals surface area contributed by atoms with Crippen LogP contribution in [0.25, 0.3) is 0 Å². The molecule has 0 radical (unpaired) electrons. The van der Waals surface area contributed by atoms with Crippen molar-refractivity contribution in [2.75, 3.05) is 0 Å². The maximum atomic E-state index is 13.1. The fraction of sp³-hybridized carbons (Fsp3) is 0.769. The van der Waals surface area contributed by atoms with Crippen LogP contribution in [0, 0.1) is 50.2 Å². The van der Waals surface area contributed by atoms with Crippen LogP contribution in [0.15, 0.2) is 35.9 Å². The fourth-order valence-electron chi connectivity index (χ4n) is 11.8. The minimum absolute atomic E-state index is 0.0163. The molecular formula is C39H58O3. The Bertz CT molecular complexity index is 1240. The number of benzene rings is 1. The number of fused-ring (bicyclic) bond motifs is 7. The van der Waals surface area contributed by atoms with E-state index in [-0.39, 0.29) is 28.7 Å². The van der Waals surface area contributed by atoms with E-state index in [4.69, 9.17) is 4.74 Å². The Hall–Kier alpha value is -1.77. The van der Waals surface area contributed by atoms with Gasteiger partial charge in [-0.3, -0.25) is 4.79 Å². The van der Waals surface area contributed by atoms with E-state index >= 15 is 0 Å². The number of ether oxygens (including phenoxy) is 1. The summed E-state index contributed by atoms with van der Waals surface area (Å²) in [5.41, 5.74) is 4.70. The van der Waals surface area contributed by atoms with Crippen molar-refractivity contribution in [3.8, 4) is 5.75 Å². The third-order valence-electron chi connectivity index (χ3n) is 14.8. The zero-order valence-electron chi connectivity index (χ0n) is 27.9. The summed E-state index contributed by atoms with van der Waals surface area (Å²) in [7, 11) is 0. The standard InChI is InChI=1S/C39H58O3/c1-34(2)21-22-36(5)23-24-38(7)28(29(36)25-34)14-15-31-37(6)19-18-32(35(3,4)30(37)17-20-39(31,38)8)42-33(41)16-11-26-9-12-27(40)13-10-26/h9-10,12-14,29-32,40H,11,15-25H2,1-8H3/t29-,30+,31+,32+,36-,37-,38+,39-/m1/s1. The molecule has 3 nitrogen and oxygen atoms in total. The molecule has 42 heavy (non-hydrogen) atoms. The molecule has 0 aromatic heterocycles. The zero-order valence-corrected chi connectivity index (χ0v) is 27.9. The molecule has 0 amide bonds. The minimum Gasteiger partial charge on any atom is -0.508 e. The van der Waals surface area contributed by atoms with Crippen LogP contribution >= 0.6 is 0 Å². The van der Waals surface area contributed by atoms with Gasteiger partial charge in [0.15, 0.2) is 0 Å². The average molecular weight is 575 g/mol. The van der Waals surface area contributed by atoms with E-state index in [1.54, 1.807) is 12.1 Å². The number of phenols is 1. The molecule has 1 N–H and O–H groups in total. The molecule has 232 valence electrons. The number of allylic oxidation sites excluding steroid dienone is 2. The molecule has 0 saturated heterocycles. The predicted octanol–water partition coefficient (Wildman–Crippen LogP) is 10.1. The van der Waals surface area contributed by atoms with Crippen LogP contribution in [0.2, 0.25) is 0 Å². The van der Waals surface area contributed by atoms with Crippen LogP contribution < -0.4 is 0 Å². The van der Waals surface area contributed by atoms with Crippen molar-refractivity contribution in [2.45, 2.75) is 139 Å². The van der Waals surface area contributed by atoms with E-state index in [2.05, 4.69) is 61.5 Å². The van der Waals surface area contributed by atoms with Gasteiger partial charge in [0.1, 0.15) is 11.9 Å². The van der Waals surface area contributed by atoms with Crippen molar-refractivity contribution in [3.05, 3.63) is 41.5 Å². The average Bonchev–Trinajstić information content (AvgIpc) is 2.91. The normalized spacial score (nSPS) is 43.6. The largest absolute Gasteiger partial charge is 0.508 e. The lowest BCUT2D eigenvalue weighted by molar-refractivity contribution is -0.212. The van der Waals surface area contributed by atoms with Gasteiger partial charge in [0, 0.05) is 11.8 Å². The van der Waals surface area contributed by atoms with E-state index in [0.717, 1.165) is 24.3 Å². The first-order valence-corrected chi connectivity index (χ1v) is 17.2. The fourth-order valence-corrected chi connectivity index (χ4v) is 11.8. The molecule has 5 aliphatic rings. The lowest BCUT2D eigenvalue weighted by atomic mass is 9.33. The number of aromatic hydroxyl groups is 1. The number of phenolic OH excluding ortho intramolecular Hbond substituents is 1. The van der Waals surface area contributed by atoms with Crippen LogP contribution in [-0.4, -0.2) is 17.2 Å². The number of hydrogen-bond acceptors (Lipinski definition) is 3. The summed E-state index contributed by atoms with van der Waals surface area (Å²) in [5, 5.41) is 9.56. The van der Waals surface area contributed by atoms with Crippen molar-refractivity contribution < 1.29 is 14.6 Å². The minimum atomic E-state index is -0.0798. The van der Waals surface area contributed by atoms with Crippen LogP contribution in [0.1, 0.15) is 132 Å². The Morgan fingerprint density at radius 1 is 0.857 bits per heavy atom. The Labute approximate surface area is 256 Å². The summed E-state index contributed by atoms with van der Waals surface area (Å²) >= 11 is 0. The molecule has 1 aromatic rings. The third-order valence-corrected chi connectivity index (χ3v) is 14.8. The Morgan fingerprint density at radius 2 is 1.55 bits per heavy atom. The number of carbonyl (C=O) groups excluding carboxylic acids is 1. The van der Waals surface area contributed by atoms with Gasteiger partial charge in [-0.1, -0.05) is 79.2 Å². The van der Waals surface area contributed by atoms with Crippen molar-refractivity contribution in [1.29, 1.82) is 0 Å². The molecule has 5 aliphatic carbocycles. The smallest absolute Gasteiger partial charge is 0.306 e. The predicted molar refractivity (Wildman–Crippen MR) is 171 cm³/mol. The molecule has 4 fully saturated rings. The van der Waals surface area contributed by atoms with Crippen LogP contribution in [0.4, 0.5) is 0 Å². The van der Waals surface area contributed by atoms with Crippen molar-refractivity contribution in [3.63, 3.8) is 0 Å². The molecule has 6 rings (SSSR count). The first-order chi connectivity index (χ1) is 19.5. The molecule has 8 atom stereocenters. The summed E-state index contributed by atoms with van der Waals surface area (Å²) in [4.78, 5) is 13.1. The van der Waals surface area contributed by atoms with Gasteiger partial charge in [0.25, 0.3) is 0 Å². The van der Waals surface area contributed by atoms with Gasteiger partial charge in [-0.05, 0) is 133 Å². The van der Waals surface area contributed by atoms with Gasteiger partial charge in [0.05, 0.1) is 0 Å². The van der Waals surface area contributed by atoms with E-state index < -0.39 is 0 Å². The first-order valence-electron chi connectivity index (χ1n) is 17.2. The second-order valence-corrected chi connectivity index (χ2v) is 17.9. The quantitative estimate of drug-likeness (QED) is 0.287. The van der Waals surface area contributed by atoms with Crippen molar-refractivity contribution in [1.82, 2.24) is 0 Å². The molecule has 0 heterocycles. The molecule has 0 bridgehead atoms. The van der Waals surface area contributed by atoms with Gasteiger partial charge in [-0.25, -0.2) is 0 Å². The zero-order chi connectivity index (χ0) is 30.3. The molecule has 3 heteroatoms. The highest BCUT2D eigenvalue weighted by atomic mass is 16.5. The topological polar surface area (TPSA) is 46.5 Å². The third kappa shape index (κ3) is 4.52. The van der Waals surface area contributed by atoms with E-state index in [9.17, 15) is 9.90 Å². The number of carbonyl (C=O) groups is 1. The number of esters is 1. The second kappa shape index (κ2) is 9.87.